The van der Waals surface area contributed by atoms with Gasteiger partial charge in [-0.2, -0.15) is 0 Å². The number of benzene rings is 1. The lowest BCUT2D eigenvalue weighted by atomic mass is 10.0. The number of nitrogen functional groups attached to an aromatic ring is 1. The molecule has 27 heavy (non-hydrogen) atoms. The smallest absolute Gasteiger partial charge is 0.253 e. The van der Waals surface area contributed by atoms with Gasteiger partial charge >= 0.3 is 0 Å². The van der Waals surface area contributed by atoms with Gasteiger partial charge in [0, 0.05) is 68.5 Å². The van der Waals surface area contributed by atoms with Crippen molar-refractivity contribution >= 4 is 11.6 Å². The first-order chi connectivity index (χ1) is 13.2. The average molecular weight is 368 g/mol. The van der Waals surface area contributed by atoms with E-state index in [0.717, 1.165) is 63.5 Å². The van der Waals surface area contributed by atoms with Crippen molar-refractivity contribution in [3.05, 3.63) is 48.3 Å². The molecule has 0 atom stereocenters. The van der Waals surface area contributed by atoms with Crippen LogP contribution in [-0.2, 0) is 4.74 Å². The van der Waals surface area contributed by atoms with Crippen molar-refractivity contribution in [2.24, 2.45) is 0 Å². The Bertz CT molecular complexity index is 757. The lowest BCUT2D eigenvalue weighted by Crippen LogP contribution is -2.49. The molecule has 1 aliphatic rings. The van der Waals surface area contributed by atoms with E-state index in [9.17, 15) is 4.79 Å². The first-order valence-electron chi connectivity index (χ1n) is 9.58. The molecule has 0 saturated carbocycles. The fourth-order valence-corrected chi connectivity index (χ4v) is 3.26. The lowest BCUT2D eigenvalue weighted by Gasteiger charge is -2.34. The second-order valence-electron chi connectivity index (χ2n) is 6.79. The zero-order valence-electron chi connectivity index (χ0n) is 15.9. The first kappa shape index (κ1) is 19.3. The minimum absolute atomic E-state index is 0.0706. The van der Waals surface area contributed by atoms with Gasteiger partial charge in [-0.15, -0.1) is 0 Å². The monoisotopic (exact) mass is 368 g/mol. The molecule has 0 bridgehead atoms. The number of carbonyl (C=O) groups is 1. The third kappa shape index (κ3) is 5.05. The Kier molecular flexibility index (Phi) is 6.79. The molecule has 3 rings (SSSR count). The summed E-state index contributed by atoms with van der Waals surface area (Å²) in [6.45, 7) is 7.87. The third-order valence-corrected chi connectivity index (χ3v) is 4.84. The predicted octanol–water partition coefficient (Wildman–Crippen LogP) is 2.52. The Balaban J connectivity index is 1.59. The highest BCUT2D eigenvalue weighted by Crippen LogP contribution is 2.25. The Morgan fingerprint density at radius 1 is 1.19 bits per heavy atom. The molecule has 6 heteroatoms. The van der Waals surface area contributed by atoms with Crippen LogP contribution in [0.25, 0.3) is 11.1 Å². The fraction of sp³-hybridized carbons (Fsp3) is 0.429. The Morgan fingerprint density at radius 3 is 2.74 bits per heavy atom. The minimum atomic E-state index is 0.0706. The molecule has 1 fully saturated rings. The number of anilines is 1. The van der Waals surface area contributed by atoms with Gasteiger partial charge in [0.1, 0.15) is 0 Å². The minimum Gasteiger partial charge on any atom is -0.398 e. The van der Waals surface area contributed by atoms with Crippen LogP contribution in [-0.4, -0.2) is 66.6 Å². The molecule has 1 aromatic heterocycles. The van der Waals surface area contributed by atoms with Crippen LogP contribution >= 0.6 is 0 Å². The SMILES string of the molecule is CCCOCCN1CCN(C(=O)c2cccc(-c3cnccc3N)c2)CC1. The van der Waals surface area contributed by atoms with E-state index in [1.165, 1.54) is 0 Å². The quantitative estimate of drug-likeness (QED) is 0.761. The number of piperazine rings is 1. The molecule has 0 unspecified atom stereocenters. The molecule has 0 radical (unpaired) electrons. The summed E-state index contributed by atoms with van der Waals surface area (Å²) in [5.41, 5.74) is 9.16. The molecule has 2 heterocycles. The number of nitrogens with two attached hydrogens (primary N) is 1. The van der Waals surface area contributed by atoms with Crippen molar-refractivity contribution in [3.63, 3.8) is 0 Å². The number of ether oxygens (including phenoxy) is 1. The van der Waals surface area contributed by atoms with Crippen LogP contribution in [0.3, 0.4) is 0 Å². The lowest BCUT2D eigenvalue weighted by molar-refractivity contribution is 0.0552. The molecule has 1 saturated heterocycles. The average Bonchev–Trinajstić information content (AvgIpc) is 2.72. The van der Waals surface area contributed by atoms with Crippen molar-refractivity contribution < 1.29 is 9.53 Å². The van der Waals surface area contributed by atoms with Gasteiger partial charge in [0.25, 0.3) is 5.91 Å². The first-order valence-corrected chi connectivity index (χ1v) is 9.58. The highest BCUT2D eigenvalue weighted by molar-refractivity contribution is 5.96. The standard InChI is InChI=1S/C21H28N4O2/c1-2-13-27-14-12-24-8-10-25(11-9-24)21(26)18-5-3-4-17(15-18)19-16-23-7-6-20(19)22/h3-7,15-16H,2,8-14H2,1H3,(H2,22,23). The van der Waals surface area contributed by atoms with Crippen LogP contribution in [0.4, 0.5) is 5.69 Å². The number of rotatable bonds is 7. The van der Waals surface area contributed by atoms with Crippen molar-refractivity contribution in [1.82, 2.24) is 14.8 Å². The number of hydrogen-bond acceptors (Lipinski definition) is 5. The van der Waals surface area contributed by atoms with E-state index in [0.29, 0.717) is 11.3 Å². The van der Waals surface area contributed by atoms with E-state index in [1.54, 1.807) is 18.5 Å². The molecule has 2 aromatic rings. The summed E-state index contributed by atoms with van der Waals surface area (Å²) in [5.74, 6) is 0.0706. The summed E-state index contributed by atoms with van der Waals surface area (Å²) in [4.78, 5) is 21.3. The molecule has 1 aliphatic heterocycles. The van der Waals surface area contributed by atoms with Gasteiger partial charge in [0.15, 0.2) is 0 Å². The van der Waals surface area contributed by atoms with Crippen LogP contribution in [0.15, 0.2) is 42.7 Å². The molecular weight excluding hydrogens is 340 g/mol. The van der Waals surface area contributed by atoms with Gasteiger partial charge in [-0.05, 0) is 30.2 Å². The maximum absolute atomic E-state index is 12.9. The van der Waals surface area contributed by atoms with Crippen LogP contribution in [0, 0.1) is 0 Å². The highest BCUT2D eigenvalue weighted by atomic mass is 16.5. The molecular formula is C21H28N4O2. The van der Waals surface area contributed by atoms with E-state index >= 15 is 0 Å². The molecule has 1 amide bonds. The van der Waals surface area contributed by atoms with Gasteiger partial charge in [-0.25, -0.2) is 0 Å². The second kappa shape index (κ2) is 9.48. The summed E-state index contributed by atoms with van der Waals surface area (Å²) in [6.07, 6.45) is 4.45. The van der Waals surface area contributed by atoms with Crippen molar-refractivity contribution in [1.29, 1.82) is 0 Å². The molecule has 2 N–H and O–H groups in total. The van der Waals surface area contributed by atoms with E-state index < -0.39 is 0 Å². The summed E-state index contributed by atoms with van der Waals surface area (Å²) < 4.78 is 5.56. The molecule has 0 aliphatic carbocycles. The van der Waals surface area contributed by atoms with Gasteiger partial charge in [0.05, 0.1) is 6.61 Å². The Hall–Kier alpha value is -2.44. The fourth-order valence-electron chi connectivity index (χ4n) is 3.26. The van der Waals surface area contributed by atoms with Gasteiger partial charge in [-0.1, -0.05) is 19.1 Å². The van der Waals surface area contributed by atoms with E-state index in [-0.39, 0.29) is 5.91 Å². The maximum atomic E-state index is 12.9. The summed E-state index contributed by atoms with van der Waals surface area (Å²) >= 11 is 0. The van der Waals surface area contributed by atoms with Gasteiger partial charge < -0.3 is 15.4 Å². The van der Waals surface area contributed by atoms with Crippen LogP contribution in [0.2, 0.25) is 0 Å². The Morgan fingerprint density at radius 2 is 2.00 bits per heavy atom. The predicted molar refractivity (Wildman–Crippen MR) is 108 cm³/mol. The summed E-state index contributed by atoms with van der Waals surface area (Å²) in [5, 5.41) is 0. The molecule has 6 nitrogen and oxygen atoms in total. The van der Waals surface area contributed by atoms with Crippen LogP contribution in [0.1, 0.15) is 23.7 Å². The van der Waals surface area contributed by atoms with Crippen LogP contribution in [0.5, 0.6) is 0 Å². The number of amides is 1. The number of aromatic nitrogens is 1. The number of pyridine rings is 1. The van der Waals surface area contributed by atoms with Crippen molar-refractivity contribution in [3.8, 4) is 11.1 Å². The number of hydrogen-bond donors (Lipinski definition) is 1. The zero-order chi connectivity index (χ0) is 19.1. The van der Waals surface area contributed by atoms with E-state index in [4.69, 9.17) is 10.5 Å². The number of carbonyl (C=O) groups excluding carboxylic acids is 1. The van der Waals surface area contributed by atoms with E-state index in [1.807, 2.05) is 29.2 Å². The van der Waals surface area contributed by atoms with E-state index in [2.05, 4.69) is 16.8 Å². The zero-order valence-corrected chi connectivity index (χ0v) is 15.9. The molecule has 0 spiro atoms. The van der Waals surface area contributed by atoms with Crippen molar-refractivity contribution in [2.45, 2.75) is 13.3 Å². The van der Waals surface area contributed by atoms with Gasteiger partial charge in [0.2, 0.25) is 0 Å². The summed E-state index contributed by atoms with van der Waals surface area (Å²) in [7, 11) is 0. The second-order valence-corrected chi connectivity index (χ2v) is 6.79. The molecule has 1 aromatic carbocycles. The van der Waals surface area contributed by atoms with Gasteiger partial charge in [-0.3, -0.25) is 14.7 Å². The maximum Gasteiger partial charge on any atom is 0.253 e. The largest absolute Gasteiger partial charge is 0.398 e. The third-order valence-electron chi connectivity index (χ3n) is 4.84. The summed E-state index contributed by atoms with van der Waals surface area (Å²) in [6, 6.07) is 9.39. The normalized spacial score (nSPS) is 15.1. The Labute approximate surface area is 160 Å². The topological polar surface area (TPSA) is 71.7 Å². The van der Waals surface area contributed by atoms with Crippen molar-refractivity contribution in [2.75, 3.05) is 51.7 Å². The van der Waals surface area contributed by atoms with Crippen LogP contribution < -0.4 is 5.73 Å². The highest BCUT2D eigenvalue weighted by Gasteiger charge is 2.22. The molecule has 144 valence electrons. The number of nitrogens with zero attached hydrogens (tertiary/aromatic N) is 3.